The van der Waals surface area contributed by atoms with Gasteiger partial charge in [-0.25, -0.2) is 0 Å². The van der Waals surface area contributed by atoms with Gasteiger partial charge in [0.1, 0.15) is 0 Å². The average Bonchev–Trinajstić information content (AvgIpc) is 2.23. The van der Waals surface area contributed by atoms with Crippen LogP contribution in [0.25, 0.3) is 0 Å². The monoisotopic (exact) mass is 211 g/mol. The third-order valence-corrected chi connectivity index (χ3v) is 2.93. The number of ether oxygens (including phenoxy) is 1. The molecule has 0 unspecified atom stereocenters. The molecule has 1 heterocycles. The standard InChI is InChI=1S/C11H14ClNO/c1-8-6-9(2-3-10(8)12)11-7-14-5-4-13-11/h2-3,6,11,13H,4-5,7H2,1H3/t11-/m0/s1. The number of morpholine rings is 1. The lowest BCUT2D eigenvalue weighted by Crippen LogP contribution is -2.34. The predicted molar refractivity (Wildman–Crippen MR) is 57.8 cm³/mol. The summed E-state index contributed by atoms with van der Waals surface area (Å²) >= 11 is 5.97. The van der Waals surface area contributed by atoms with Gasteiger partial charge in [-0.05, 0) is 24.1 Å². The van der Waals surface area contributed by atoms with Gasteiger partial charge in [0.2, 0.25) is 0 Å². The van der Waals surface area contributed by atoms with E-state index in [1.807, 2.05) is 13.0 Å². The highest BCUT2D eigenvalue weighted by molar-refractivity contribution is 6.31. The van der Waals surface area contributed by atoms with Gasteiger partial charge in [0.05, 0.1) is 19.3 Å². The van der Waals surface area contributed by atoms with E-state index in [4.69, 9.17) is 16.3 Å². The van der Waals surface area contributed by atoms with Gasteiger partial charge in [0.15, 0.2) is 0 Å². The summed E-state index contributed by atoms with van der Waals surface area (Å²) in [6.07, 6.45) is 0. The molecule has 2 nitrogen and oxygen atoms in total. The summed E-state index contributed by atoms with van der Waals surface area (Å²) in [7, 11) is 0. The minimum atomic E-state index is 0.319. The van der Waals surface area contributed by atoms with Crippen molar-refractivity contribution >= 4 is 11.6 Å². The second-order valence-electron chi connectivity index (χ2n) is 3.59. The number of halogens is 1. The number of benzene rings is 1. The van der Waals surface area contributed by atoms with Gasteiger partial charge in [0.25, 0.3) is 0 Å². The summed E-state index contributed by atoms with van der Waals surface area (Å²) in [6.45, 7) is 4.51. The zero-order valence-corrected chi connectivity index (χ0v) is 8.97. The Kier molecular flexibility index (Phi) is 3.06. The summed E-state index contributed by atoms with van der Waals surface area (Å²) in [5, 5.41) is 4.24. The lowest BCUT2D eigenvalue weighted by atomic mass is 10.0. The van der Waals surface area contributed by atoms with E-state index in [2.05, 4.69) is 17.4 Å². The molecular formula is C11H14ClNO. The van der Waals surface area contributed by atoms with E-state index in [0.29, 0.717) is 6.04 Å². The second kappa shape index (κ2) is 4.30. The van der Waals surface area contributed by atoms with Crippen LogP contribution < -0.4 is 5.32 Å². The van der Waals surface area contributed by atoms with Gasteiger partial charge in [-0.1, -0.05) is 23.7 Å². The Morgan fingerprint density at radius 3 is 3.00 bits per heavy atom. The Hall–Kier alpha value is -0.570. The quantitative estimate of drug-likeness (QED) is 0.770. The van der Waals surface area contributed by atoms with E-state index in [0.717, 1.165) is 30.3 Å². The molecular weight excluding hydrogens is 198 g/mol. The van der Waals surface area contributed by atoms with E-state index in [9.17, 15) is 0 Å². The lowest BCUT2D eigenvalue weighted by molar-refractivity contribution is 0.0769. The summed E-state index contributed by atoms with van der Waals surface area (Å²) in [5.74, 6) is 0. The normalized spacial score (nSPS) is 22.3. The van der Waals surface area contributed by atoms with Crippen LogP contribution in [-0.2, 0) is 4.74 Å². The maximum Gasteiger partial charge on any atom is 0.0662 e. The van der Waals surface area contributed by atoms with Gasteiger partial charge < -0.3 is 10.1 Å². The fourth-order valence-electron chi connectivity index (χ4n) is 1.66. The number of nitrogens with one attached hydrogen (secondary N) is 1. The summed E-state index contributed by atoms with van der Waals surface area (Å²) in [4.78, 5) is 0. The largest absolute Gasteiger partial charge is 0.378 e. The van der Waals surface area contributed by atoms with Crippen LogP contribution in [-0.4, -0.2) is 19.8 Å². The number of hydrogen-bond donors (Lipinski definition) is 1. The molecule has 1 saturated heterocycles. The molecule has 0 spiro atoms. The maximum absolute atomic E-state index is 5.97. The van der Waals surface area contributed by atoms with Crippen LogP contribution in [0.5, 0.6) is 0 Å². The molecule has 0 aromatic heterocycles. The molecule has 76 valence electrons. The van der Waals surface area contributed by atoms with Crippen molar-refractivity contribution in [3.8, 4) is 0 Å². The van der Waals surface area contributed by atoms with Crippen LogP contribution in [0.1, 0.15) is 17.2 Å². The molecule has 1 aliphatic heterocycles. The number of hydrogen-bond acceptors (Lipinski definition) is 2. The minimum absolute atomic E-state index is 0.319. The van der Waals surface area contributed by atoms with Gasteiger partial charge in [0, 0.05) is 11.6 Å². The molecule has 3 heteroatoms. The van der Waals surface area contributed by atoms with E-state index >= 15 is 0 Å². The molecule has 1 aliphatic rings. The molecule has 0 aliphatic carbocycles. The first-order valence-electron chi connectivity index (χ1n) is 4.84. The Balaban J connectivity index is 2.18. The minimum Gasteiger partial charge on any atom is -0.378 e. The third-order valence-electron chi connectivity index (χ3n) is 2.51. The SMILES string of the molecule is Cc1cc([C@@H]2COCCN2)ccc1Cl. The van der Waals surface area contributed by atoms with Crippen LogP contribution in [0.3, 0.4) is 0 Å². The van der Waals surface area contributed by atoms with Gasteiger partial charge in [-0.2, -0.15) is 0 Å². The summed E-state index contributed by atoms with van der Waals surface area (Å²) < 4.78 is 5.41. The molecule has 1 aromatic rings. The van der Waals surface area contributed by atoms with Crippen LogP contribution in [0.2, 0.25) is 5.02 Å². The fourth-order valence-corrected chi connectivity index (χ4v) is 1.78. The van der Waals surface area contributed by atoms with Crippen molar-refractivity contribution in [2.24, 2.45) is 0 Å². The zero-order chi connectivity index (χ0) is 9.97. The Morgan fingerprint density at radius 2 is 2.36 bits per heavy atom. The fraction of sp³-hybridized carbons (Fsp3) is 0.455. The first kappa shape index (κ1) is 9.97. The summed E-state index contributed by atoms with van der Waals surface area (Å²) in [5.41, 5.74) is 2.38. The van der Waals surface area contributed by atoms with Crippen molar-refractivity contribution in [3.05, 3.63) is 34.3 Å². The van der Waals surface area contributed by atoms with Crippen molar-refractivity contribution in [2.45, 2.75) is 13.0 Å². The lowest BCUT2D eigenvalue weighted by Gasteiger charge is -2.24. The van der Waals surface area contributed by atoms with E-state index in [1.165, 1.54) is 5.56 Å². The first-order chi connectivity index (χ1) is 6.77. The first-order valence-corrected chi connectivity index (χ1v) is 5.22. The number of rotatable bonds is 1. The third kappa shape index (κ3) is 2.08. The number of aryl methyl sites for hydroxylation is 1. The smallest absolute Gasteiger partial charge is 0.0662 e. The molecule has 1 fully saturated rings. The molecule has 0 radical (unpaired) electrons. The predicted octanol–water partition coefficient (Wildman–Crippen LogP) is 2.31. The topological polar surface area (TPSA) is 21.3 Å². The van der Waals surface area contributed by atoms with Crippen molar-refractivity contribution in [2.75, 3.05) is 19.8 Å². The van der Waals surface area contributed by atoms with Crippen molar-refractivity contribution < 1.29 is 4.74 Å². The maximum atomic E-state index is 5.97. The van der Waals surface area contributed by atoms with E-state index in [1.54, 1.807) is 0 Å². The molecule has 1 atom stereocenters. The Bertz CT molecular complexity index is 321. The average molecular weight is 212 g/mol. The zero-order valence-electron chi connectivity index (χ0n) is 8.22. The molecule has 1 N–H and O–H groups in total. The molecule has 0 bridgehead atoms. The van der Waals surface area contributed by atoms with Crippen LogP contribution in [0, 0.1) is 6.92 Å². The highest BCUT2D eigenvalue weighted by Gasteiger charge is 2.15. The van der Waals surface area contributed by atoms with Crippen molar-refractivity contribution in [3.63, 3.8) is 0 Å². The molecule has 0 amide bonds. The Morgan fingerprint density at radius 1 is 1.50 bits per heavy atom. The van der Waals surface area contributed by atoms with Gasteiger partial charge in [-0.15, -0.1) is 0 Å². The highest BCUT2D eigenvalue weighted by atomic mass is 35.5. The van der Waals surface area contributed by atoms with E-state index < -0.39 is 0 Å². The van der Waals surface area contributed by atoms with Crippen LogP contribution in [0.4, 0.5) is 0 Å². The summed E-state index contributed by atoms with van der Waals surface area (Å²) in [6, 6.07) is 6.44. The van der Waals surface area contributed by atoms with Crippen LogP contribution >= 0.6 is 11.6 Å². The van der Waals surface area contributed by atoms with Crippen LogP contribution in [0.15, 0.2) is 18.2 Å². The van der Waals surface area contributed by atoms with Gasteiger partial charge in [-0.3, -0.25) is 0 Å². The highest BCUT2D eigenvalue weighted by Crippen LogP contribution is 2.21. The molecule has 1 aromatic carbocycles. The second-order valence-corrected chi connectivity index (χ2v) is 4.00. The Labute approximate surface area is 89.2 Å². The molecule has 14 heavy (non-hydrogen) atoms. The van der Waals surface area contributed by atoms with Crippen molar-refractivity contribution in [1.82, 2.24) is 5.32 Å². The van der Waals surface area contributed by atoms with Crippen molar-refractivity contribution in [1.29, 1.82) is 0 Å². The molecule has 0 saturated carbocycles. The molecule has 2 rings (SSSR count). The van der Waals surface area contributed by atoms with Gasteiger partial charge >= 0.3 is 0 Å². The van der Waals surface area contributed by atoms with E-state index in [-0.39, 0.29) is 0 Å².